The van der Waals surface area contributed by atoms with Gasteiger partial charge in [-0.3, -0.25) is 19.3 Å². The molecule has 3 rings (SSSR count). The van der Waals surface area contributed by atoms with Crippen molar-refractivity contribution >= 4 is 11.8 Å². The van der Waals surface area contributed by atoms with Gasteiger partial charge in [-0.25, -0.2) is 4.68 Å². The van der Waals surface area contributed by atoms with E-state index < -0.39 is 11.3 Å². The second-order valence-corrected chi connectivity index (χ2v) is 6.74. The third kappa shape index (κ3) is 4.59. The van der Waals surface area contributed by atoms with E-state index in [2.05, 4.69) is 10.4 Å². The van der Waals surface area contributed by atoms with E-state index in [0.717, 1.165) is 5.69 Å². The van der Waals surface area contributed by atoms with Crippen LogP contribution >= 0.6 is 0 Å². The fourth-order valence-corrected chi connectivity index (χ4v) is 3.24. The predicted octanol–water partition coefficient (Wildman–Crippen LogP) is 0.220. The number of nitrogens with one attached hydrogen (secondary N) is 1. The highest BCUT2D eigenvalue weighted by Crippen LogP contribution is 2.11. The summed E-state index contributed by atoms with van der Waals surface area (Å²) < 4.78 is 1.59. The molecule has 1 aromatic heterocycles. The molecule has 0 radical (unpaired) electrons. The molecule has 27 heavy (non-hydrogen) atoms. The SMILES string of the molecule is Cc1cc(=O)c(C(=O)NC2CCN(CC(N)=O)CC2)nn1-c1ccccc1. The monoisotopic (exact) mass is 369 g/mol. The van der Waals surface area contributed by atoms with Crippen LogP contribution < -0.4 is 16.5 Å². The molecule has 1 aliphatic heterocycles. The zero-order valence-corrected chi connectivity index (χ0v) is 15.2. The first-order valence-electron chi connectivity index (χ1n) is 8.92. The smallest absolute Gasteiger partial charge is 0.276 e. The van der Waals surface area contributed by atoms with E-state index in [9.17, 15) is 14.4 Å². The largest absolute Gasteiger partial charge is 0.369 e. The molecule has 2 heterocycles. The number of carbonyl (C=O) groups is 2. The summed E-state index contributed by atoms with van der Waals surface area (Å²) in [7, 11) is 0. The molecule has 8 nitrogen and oxygen atoms in total. The Morgan fingerprint density at radius 2 is 1.89 bits per heavy atom. The average molecular weight is 369 g/mol. The van der Waals surface area contributed by atoms with Crippen molar-refractivity contribution < 1.29 is 9.59 Å². The minimum absolute atomic E-state index is 0.0608. The van der Waals surface area contributed by atoms with Crippen molar-refractivity contribution in [2.24, 2.45) is 5.73 Å². The van der Waals surface area contributed by atoms with Gasteiger partial charge in [-0.2, -0.15) is 5.10 Å². The van der Waals surface area contributed by atoms with Gasteiger partial charge in [0, 0.05) is 30.9 Å². The topological polar surface area (TPSA) is 110 Å². The van der Waals surface area contributed by atoms with Crippen LogP contribution in [0.2, 0.25) is 0 Å². The fraction of sp³-hybridized carbons (Fsp3) is 0.368. The summed E-state index contributed by atoms with van der Waals surface area (Å²) >= 11 is 0. The number of piperidine rings is 1. The lowest BCUT2D eigenvalue weighted by molar-refractivity contribution is -0.119. The van der Waals surface area contributed by atoms with Crippen molar-refractivity contribution in [1.29, 1.82) is 0 Å². The van der Waals surface area contributed by atoms with Gasteiger partial charge in [-0.1, -0.05) is 18.2 Å². The fourth-order valence-electron chi connectivity index (χ4n) is 3.24. The van der Waals surface area contributed by atoms with Gasteiger partial charge in [-0.15, -0.1) is 0 Å². The number of rotatable bonds is 5. The summed E-state index contributed by atoms with van der Waals surface area (Å²) in [5.41, 5.74) is 6.13. The zero-order valence-electron chi connectivity index (χ0n) is 15.2. The van der Waals surface area contributed by atoms with E-state index in [-0.39, 0.29) is 24.2 Å². The number of aryl methyl sites for hydroxylation is 1. The number of primary amides is 1. The third-order valence-corrected chi connectivity index (χ3v) is 4.63. The van der Waals surface area contributed by atoms with Crippen molar-refractivity contribution in [1.82, 2.24) is 20.0 Å². The molecule has 3 N–H and O–H groups in total. The second kappa shape index (κ2) is 8.13. The maximum atomic E-state index is 12.6. The number of para-hydroxylation sites is 1. The third-order valence-electron chi connectivity index (χ3n) is 4.63. The Bertz CT molecular complexity index is 886. The van der Waals surface area contributed by atoms with Crippen LogP contribution in [0.4, 0.5) is 0 Å². The summed E-state index contributed by atoms with van der Waals surface area (Å²) in [4.78, 5) is 37.8. The maximum absolute atomic E-state index is 12.6. The van der Waals surface area contributed by atoms with Crippen LogP contribution in [0.5, 0.6) is 0 Å². The lowest BCUT2D eigenvalue weighted by Crippen LogP contribution is -2.47. The van der Waals surface area contributed by atoms with Crippen LogP contribution in [0.3, 0.4) is 0 Å². The van der Waals surface area contributed by atoms with Gasteiger partial charge in [0.05, 0.1) is 12.2 Å². The van der Waals surface area contributed by atoms with Crippen LogP contribution in [0.25, 0.3) is 5.69 Å². The number of nitrogens with two attached hydrogens (primary N) is 1. The number of amides is 2. The summed E-state index contributed by atoms with van der Waals surface area (Å²) in [6.07, 6.45) is 1.38. The normalized spacial score (nSPS) is 15.4. The van der Waals surface area contributed by atoms with Gasteiger partial charge in [0.15, 0.2) is 5.69 Å². The maximum Gasteiger partial charge on any atom is 0.276 e. The van der Waals surface area contributed by atoms with Crippen LogP contribution in [-0.4, -0.2) is 52.2 Å². The number of nitrogens with zero attached hydrogens (tertiary/aromatic N) is 3. The predicted molar refractivity (Wildman–Crippen MR) is 101 cm³/mol. The number of benzene rings is 1. The van der Waals surface area contributed by atoms with Crippen molar-refractivity contribution in [2.45, 2.75) is 25.8 Å². The minimum Gasteiger partial charge on any atom is -0.369 e. The molecule has 1 saturated heterocycles. The molecule has 142 valence electrons. The zero-order chi connectivity index (χ0) is 19.4. The molecular formula is C19H23N5O3. The van der Waals surface area contributed by atoms with Crippen LogP contribution in [0.15, 0.2) is 41.2 Å². The molecule has 0 aliphatic carbocycles. The molecule has 2 amide bonds. The van der Waals surface area contributed by atoms with E-state index >= 15 is 0 Å². The standard InChI is InChI=1S/C19H23N5O3/c1-13-11-16(25)18(22-24(13)15-5-3-2-4-6-15)19(27)21-14-7-9-23(10-8-14)12-17(20)26/h2-6,11,14H,7-10,12H2,1H3,(H2,20,26)(H,21,27). The first-order chi connectivity index (χ1) is 12.9. The molecule has 1 fully saturated rings. The number of aromatic nitrogens is 2. The Balaban J connectivity index is 1.72. The van der Waals surface area contributed by atoms with Gasteiger partial charge in [-0.05, 0) is 31.9 Å². The van der Waals surface area contributed by atoms with Crippen molar-refractivity contribution in [3.05, 3.63) is 58.0 Å². The van der Waals surface area contributed by atoms with Gasteiger partial charge in [0.1, 0.15) is 0 Å². The van der Waals surface area contributed by atoms with Gasteiger partial charge >= 0.3 is 0 Å². The average Bonchev–Trinajstić information content (AvgIpc) is 2.63. The van der Waals surface area contributed by atoms with E-state index in [1.807, 2.05) is 35.2 Å². The molecule has 8 heteroatoms. The Morgan fingerprint density at radius 3 is 2.52 bits per heavy atom. The van der Waals surface area contributed by atoms with Gasteiger partial charge in [0.25, 0.3) is 5.91 Å². The Hall–Kier alpha value is -3.00. The van der Waals surface area contributed by atoms with Crippen LogP contribution in [0, 0.1) is 6.92 Å². The Morgan fingerprint density at radius 1 is 1.22 bits per heavy atom. The van der Waals surface area contributed by atoms with Crippen LogP contribution in [0.1, 0.15) is 29.0 Å². The summed E-state index contributed by atoms with van der Waals surface area (Å²) in [6, 6.07) is 10.7. The highest BCUT2D eigenvalue weighted by molar-refractivity contribution is 5.92. The van der Waals surface area contributed by atoms with Crippen LogP contribution in [-0.2, 0) is 4.79 Å². The molecule has 0 atom stereocenters. The van der Waals surface area contributed by atoms with Crippen molar-refractivity contribution in [3.63, 3.8) is 0 Å². The quantitative estimate of drug-likeness (QED) is 0.783. The van der Waals surface area contributed by atoms with E-state index in [4.69, 9.17) is 5.73 Å². The van der Waals surface area contributed by atoms with Crippen molar-refractivity contribution in [3.8, 4) is 5.69 Å². The lowest BCUT2D eigenvalue weighted by Gasteiger charge is -2.31. The molecule has 0 saturated carbocycles. The highest BCUT2D eigenvalue weighted by Gasteiger charge is 2.24. The minimum atomic E-state index is -0.474. The Kier molecular flexibility index (Phi) is 5.66. The number of hydrogen-bond acceptors (Lipinski definition) is 5. The molecule has 0 bridgehead atoms. The first-order valence-corrected chi connectivity index (χ1v) is 8.92. The molecule has 0 spiro atoms. The summed E-state index contributed by atoms with van der Waals surface area (Å²) in [6.45, 7) is 3.34. The molecule has 1 aromatic carbocycles. The lowest BCUT2D eigenvalue weighted by atomic mass is 10.0. The van der Waals surface area contributed by atoms with Crippen molar-refractivity contribution in [2.75, 3.05) is 19.6 Å². The van der Waals surface area contributed by atoms with Gasteiger partial charge in [0.2, 0.25) is 11.3 Å². The van der Waals surface area contributed by atoms with E-state index in [1.165, 1.54) is 6.07 Å². The molecule has 0 unspecified atom stereocenters. The summed E-state index contributed by atoms with van der Waals surface area (Å²) in [5, 5.41) is 7.17. The number of hydrogen-bond donors (Lipinski definition) is 2. The Labute approximate surface area is 157 Å². The first kappa shape index (κ1) is 18.8. The van der Waals surface area contributed by atoms with E-state index in [0.29, 0.717) is 31.6 Å². The highest BCUT2D eigenvalue weighted by atomic mass is 16.2. The molecule has 2 aromatic rings. The molecular weight excluding hydrogens is 346 g/mol. The number of likely N-dealkylation sites (tertiary alicyclic amines) is 1. The second-order valence-electron chi connectivity index (χ2n) is 6.74. The summed E-state index contributed by atoms with van der Waals surface area (Å²) in [5.74, 6) is -0.833. The molecule has 1 aliphatic rings. The van der Waals surface area contributed by atoms with Gasteiger partial charge < -0.3 is 11.1 Å². The van der Waals surface area contributed by atoms with E-state index in [1.54, 1.807) is 11.6 Å². The number of carbonyl (C=O) groups excluding carboxylic acids is 2.